The smallest absolute Gasteiger partial charge is 0.416 e. The first-order valence-corrected chi connectivity index (χ1v) is 8.14. The van der Waals surface area contributed by atoms with Crippen molar-refractivity contribution in [3.05, 3.63) is 62.5 Å². The Labute approximate surface area is 148 Å². The van der Waals surface area contributed by atoms with E-state index in [1.54, 1.807) is 0 Å². The number of nitrogens with zero attached hydrogens (tertiary/aromatic N) is 2. The molecule has 0 saturated heterocycles. The zero-order valence-electron chi connectivity index (χ0n) is 13.3. The van der Waals surface area contributed by atoms with E-state index in [1.807, 2.05) is 0 Å². The van der Waals surface area contributed by atoms with Crippen molar-refractivity contribution in [2.24, 2.45) is 0 Å². The summed E-state index contributed by atoms with van der Waals surface area (Å²) in [4.78, 5) is 28.1. The molecule has 2 heterocycles. The summed E-state index contributed by atoms with van der Waals surface area (Å²) in [5.41, 5.74) is 2.41. The molecule has 0 saturated carbocycles. The van der Waals surface area contributed by atoms with E-state index in [0.29, 0.717) is 16.0 Å². The topological polar surface area (TPSA) is 84.2 Å². The Kier molecular flexibility index (Phi) is 4.45. The maximum absolute atomic E-state index is 12.6. The molecule has 0 aliphatic rings. The largest absolute Gasteiger partial charge is 0.477 e. The minimum absolute atomic E-state index is 0.0464. The third kappa shape index (κ3) is 3.27. The number of aromatic carboxylic acids is 1. The number of alkyl halides is 3. The highest BCUT2D eigenvalue weighted by atomic mass is 32.1. The summed E-state index contributed by atoms with van der Waals surface area (Å²) in [7, 11) is 0. The van der Waals surface area contributed by atoms with E-state index in [2.05, 4.69) is 10.4 Å². The molecule has 3 rings (SSSR count). The number of benzene rings is 1. The van der Waals surface area contributed by atoms with Crippen LogP contribution in [0.1, 0.15) is 26.4 Å². The lowest BCUT2D eigenvalue weighted by Gasteiger charge is -2.10. The first kappa shape index (κ1) is 17.9. The maximum atomic E-state index is 12.6. The number of carboxylic acid groups (broad SMARTS) is 1. The Hall–Kier alpha value is -2.88. The van der Waals surface area contributed by atoms with Crippen molar-refractivity contribution in [3.8, 4) is 0 Å². The van der Waals surface area contributed by atoms with Crippen molar-refractivity contribution in [3.63, 3.8) is 0 Å². The van der Waals surface area contributed by atoms with Gasteiger partial charge in [-0.15, -0.1) is 11.3 Å². The van der Waals surface area contributed by atoms with Gasteiger partial charge in [0.15, 0.2) is 0 Å². The molecule has 1 aromatic carbocycles. The average molecular weight is 383 g/mol. The number of thiophene rings is 1. The monoisotopic (exact) mass is 383 g/mol. The Bertz CT molecular complexity index is 1040. The second-order valence-corrected chi connectivity index (χ2v) is 6.49. The average Bonchev–Trinajstić information content (AvgIpc) is 2.92. The summed E-state index contributed by atoms with van der Waals surface area (Å²) < 4.78 is 38.8. The van der Waals surface area contributed by atoms with Crippen LogP contribution >= 0.6 is 11.3 Å². The van der Waals surface area contributed by atoms with Gasteiger partial charge in [-0.25, -0.2) is 14.5 Å². The molecule has 0 bridgehead atoms. The van der Waals surface area contributed by atoms with E-state index >= 15 is 0 Å². The molecule has 0 spiro atoms. The highest BCUT2D eigenvalue weighted by Gasteiger charge is 2.29. The Morgan fingerprint density at radius 3 is 2.54 bits per heavy atom. The Morgan fingerprint density at radius 2 is 1.96 bits per heavy atom. The van der Waals surface area contributed by atoms with Crippen LogP contribution in [0.5, 0.6) is 0 Å². The van der Waals surface area contributed by atoms with Crippen molar-refractivity contribution in [1.29, 1.82) is 0 Å². The van der Waals surface area contributed by atoms with Gasteiger partial charge >= 0.3 is 12.1 Å². The number of aromatic nitrogens is 2. The first-order valence-electron chi connectivity index (χ1n) is 7.32. The number of aryl methyl sites for hydroxylation is 1. The van der Waals surface area contributed by atoms with Crippen LogP contribution in [0.2, 0.25) is 0 Å². The lowest BCUT2D eigenvalue weighted by atomic mass is 10.1. The van der Waals surface area contributed by atoms with E-state index in [9.17, 15) is 22.8 Å². The molecule has 26 heavy (non-hydrogen) atoms. The summed E-state index contributed by atoms with van der Waals surface area (Å²) in [5, 5.41) is 9.34. The van der Waals surface area contributed by atoms with Crippen LogP contribution in [0.15, 0.2) is 35.4 Å². The summed E-state index contributed by atoms with van der Waals surface area (Å²) >= 11 is 0.915. The quantitative estimate of drug-likeness (QED) is 0.723. The van der Waals surface area contributed by atoms with Crippen molar-refractivity contribution < 1.29 is 23.1 Å². The van der Waals surface area contributed by atoms with Crippen LogP contribution in [0.4, 0.5) is 13.2 Å². The van der Waals surface area contributed by atoms with Gasteiger partial charge < -0.3 is 10.5 Å². The number of fused-ring (bicyclic) bond motifs is 1. The van der Waals surface area contributed by atoms with Crippen LogP contribution in [-0.2, 0) is 12.7 Å². The molecule has 2 N–H and O–H groups in total. The first-order chi connectivity index (χ1) is 12.2. The molecule has 0 aliphatic heterocycles. The van der Waals surface area contributed by atoms with Gasteiger partial charge in [0.1, 0.15) is 16.0 Å². The molecule has 3 aromatic rings. The van der Waals surface area contributed by atoms with Crippen LogP contribution in [0, 0.1) is 6.92 Å². The van der Waals surface area contributed by atoms with Gasteiger partial charge in [0, 0.05) is 0 Å². The summed E-state index contributed by atoms with van der Waals surface area (Å²) in [6.45, 7) is 1.63. The van der Waals surface area contributed by atoms with Crippen molar-refractivity contribution in [2.75, 3.05) is 5.43 Å². The highest BCUT2D eigenvalue weighted by molar-refractivity contribution is 7.20. The predicted octanol–water partition coefficient (Wildman–Crippen LogP) is 3.23. The minimum Gasteiger partial charge on any atom is -0.477 e. The molecule has 136 valence electrons. The van der Waals surface area contributed by atoms with Gasteiger partial charge in [0.2, 0.25) is 0 Å². The van der Waals surface area contributed by atoms with E-state index in [-0.39, 0.29) is 16.8 Å². The maximum Gasteiger partial charge on any atom is 0.416 e. The second-order valence-electron chi connectivity index (χ2n) is 5.49. The minimum atomic E-state index is -4.41. The molecule has 0 amide bonds. The predicted molar refractivity (Wildman–Crippen MR) is 90.1 cm³/mol. The molecule has 0 atom stereocenters. The molecular formula is C16H12F3N3O3S. The number of halogens is 3. The Morgan fingerprint density at radius 1 is 1.31 bits per heavy atom. The van der Waals surface area contributed by atoms with Gasteiger partial charge in [-0.05, 0) is 30.2 Å². The lowest BCUT2D eigenvalue weighted by molar-refractivity contribution is -0.137. The van der Waals surface area contributed by atoms with Crippen molar-refractivity contribution in [2.45, 2.75) is 19.6 Å². The van der Waals surface area contributed by atoms with Crippen LogP contribution in [0.3, 0.4) is 0 Å². The van der Waals surface area contributed by atoms with Gasteiger partial charge in [-0.2, -0.15) is 13.2 Å². The zero-order chi connectivity index (χ0) is 19.1. The molecule has 0 radical (unpaired) electrons. The molecule has 0 unspecified atom stereocenters. The van der Waals surface area contributed by atoms with E-state index < -0.39 is 23.3 Å². The second kappa shape index (κ2) is 6.45. The number of carbonyl (C=O) groups is 1. The highest BCUT2D eigenvalue weighted by Crippen LogP contribution is 2.29. The number of nitrogens with one attached hydrogen (secondary N) is 1. The number of rotatable bonds is 4. The zero-order valence-corrected chi connectivity index (χ0v) is 14.1. The van der Waals surface area contributed by atoms with E-state index in [1.165, 1.54) is 25.4 Å². The fourth-order valence-electron chi connectivity index (χ4n) is 2.43. The molecular weight excluding hydrogens is 371 g/mol. The van der Waals surface area contributed by atoms with Crippen LogP contribution in [-0.4, -0.2) is 20.7 Å². The molecule has 10 heteroatoms. The van der Waals surface area contributed by atoms with Crippen molar-refractivity contribution >= 4 is 27.5 Å². The fourth-order valence-corrected chi connectivity index (χ4v) is 3.41. The SMILES string of the molecule is Cc1c(C(=O)O)sc2ncn(NCc3ccc(C(F)(F)F)cc3)c(=O)c12. The van der Waals surface area contributed by atoms with Crippen molar-refractivity contribution in [1.82, 2.24) is 9.66 Å². The van der Waals surface area contributed by atoms with E-state index in [4.69, 9.17) is 5.11 Å². The Balaban J connectivity index is 1.85. The summed E-state index contributed by atoms with van der Waals surface area (Å²) in [5.74, 6) is -1.13. The molecule has 6 nitrogen and oxygen atoms in total. The normalized spacial score (nSPS) is 11.7. The number of hydrogen-bond donors (Lipinski definition) is 2. The van der Waals surface area contributed by atoms with Gasteiger partial charge in [0.25, 0.3) is 5.56 Å². The third-order valence-electron chi connectivity index (χ3n) is 3.78. The van der Waals surface area contributed by atoms with Crippen LogP contribution < -0.4 is 11.0 Å². The lowest BCUT2D eigenvalue weighted by Crippen LogP contribution is -2.28. The standard InChI is InChI=1S/C16H12F3N3O3S/c1-8-11-13(26-12(8)15(24)25)20-7-22(14(11)23)21-6-9-2-4-10(5-3-9)16(17,18)19/h2-5,7,21H,6H2,1H3,(H,24,25). The summed E-state index contributed by atoms with van der Waals surface area (Å²) in [6.07, 6.45) is -3.19. The summed E-state index contributed by atoms with van der Waals surface area (Å²) in [6, 6.07) is 4.54. The fraction of sp³-hybridized carbons (Fsp3) is 0.188. The number of hydrogen-bond acceptors (Lipinski definition) is 5. The molecule has 0 fully saturated rings. The van der Waals surface area contributed by atoms with E-state index in [0.717, 1.165) is 28.1 Å². The third-order valence-corrected chi connectivity index (χ3v) is 4.97. The van der Waals surface area contributed by atoms with Crippen LogP contribution in [0.25, 0.3) is 10.2 Å². The van der Waals surface area contributed by atoms with Gasteiger partial charge in [0.05, 0.1) is 17.5 Å². The number of carboxylic acids is 1. The molecule has 2 aromatic heterocycles. The molecule has 0 aliphatic carbocycles. The van der Waals surface area contributed by atoms with Gasteiger partial charge in [-0.3, -0.25) is 4.79 Å². The van der Waals surface area contributed by atoms with Gasteiger partial charge in [-0.1, -0.05) is 12.1 Å².